The molecule has 1 aliphatic heterocycles. The van der Waals surface area contributed by atoms with Crippen molar-refractivity contribution in [2.24, 2.45) is 0 Å². The van der Waals surface area contributed by atoms with Crippen LogP contribution in [0.1, 0.15) is 47.3 Å². The summed E-state index contributed by atoms with van der Waals surface area (Å²) in [4.78, 5) is 1.36. The monoisotopic (exact) mass is 506 g/mol. The Labute approximate surface area is 218 Å². The summed E-state index contributed by atoms with van der Waals surface area (Å²) < 4.78 is 0. The van der Waals surface area contributed by atoms with Crippen molar-refractivity contribution < 1.29 is 0 Å². The molecule has 1 atom stereocenters. The van der Waals surface area contributed by atoms with Gasteiger partial charge in [0.2, 0.25) is 0 Å². The van der Waals surface area contributed by atoms with Crippen LogP contribution in [0.5, 0.6) is 0 Å². The summed E-state index contributed by atoms with van der Waals surface area (Å²) in [7, 11) is 0. The minimum atomic E-state index is -2.15. The van der Waals surface area contributed by atoms with Gasteiger partial charge in [-0.15, -0.1) is 11.3 Å². The fourth-order valence-electron chi connectivity index (χ4n) is 5.40. The van der Waals surface area contributed by atoms with E-state index < -0.39 is 6.46 Å². The Morgan fingerprint density at radius 1 is 0.629 bits per heavy atom. The first-order valence-electron chi connectivity index (χ1n) is 12.3. The minimum absolute atomic E-state index is 1.14. The van der Waals surface area contributed by atoms with Crippen molar-refractivity contribution in [1.29, 1.82) is 0 Å². The molecule has 2 aliphatic rings. The predicted octanol–water partition coefficient (Wildman–Crippen LogP) is 9.43. The number of allylic oxidation sites excluding steroid dienone is 2. The molecule has 4 aromatic rings. The largest absolute Gasteiger partial charge is 0.540 e. The van der Waals surface area contributed by atoms with Crippen LogP contribution in [0.2, 0.25) is 0 Å². The first-order chi connectivity index (χ1) is 17.2. The van der Waals surface area contributed by atoms with Gasteiger partial charge in [-0.2, -0.15) is 0 Å². The van der Waals surface area contributed by atoms with Crippen molar-refractivity contribution in [2.75, 3.05) is 0 Å². The molecule has 2 heterocycles. The second-order valence-electron chi connectivity index (χ2n) is 9.15. The molecule has 3 aromatic carbocycles. The number of fused-ring (bicyclic) bond motifs is 1. The van der Waals surface area contributed by atoms with E-state index in [0.29, 0.717) is 0 Å². The molecule has 6 rings (SSSR count). The predicted molar refractivity (Wildman–Crippen MR) is 159 cm³/mol. The minimum Gasteiger partial charge on any atom is -0.540 e. The summed E-state index contributed by atoms with van der Waals surface area (Å²) in [6.45, 7) is -2.15. The number of thiophene rings is 1. The van der Waals surface area contributed by atoms with Gasteiger partial charge >= 0.3 is 0 Å². The van der Waals surface area contributed by atoms with E-state index in [2.05, 4.69) is 115 Å². The van der Waals surface area contributed by atoms with Gasteiger partial charge in [0.15, 0.2) is 0 Å². The Hall–Kier alpha value is -2.64. The molecule has 1 aliphatic carbocycles. The van der Waals surface area contributed by atoms with Crippen LogP contribution in [-0.2, 0) is 12.2 Å². The van der Waals surface area contributed by atoms with Crippen LogP contribution in [0.25, 0.3) is 22.8 Å². The van der Waals surface area contributed by atoms with Gasteiger partial charge < -0.3 is 12.2 Å². The summed E-state index contributed by atoms with van der Waals surface area (Å²) in [5.41, 5.74) is 6.82. The maximum absolute atomic E-state index is 6.86. The highest BCUT2D eigenvalue weighted by Crippen LogP contribution is 2.82. The molecular weight excluding hydrogens is 479 g/mol. The van der Waals surface area contributed by atoms with Crippen LogP contribution in [0, 0.1) is 0 Å². The molecule has 0 nitrogen and oxygen atoms in total. The van der Waals surface area contributed by atoms with E-state index in [1.165, 1.54) is 50.3 Å². The highest BCUT2D eigenvalue weighted by Gasteiger charge is 2.48. The van der Waals surface area contributed by atoms with Crippen LogP contribution in [-0.4, -0.2) is 0 Å². The highest BCUT2D eigenvalue weighted by atomic mass is 32.7. The molecule has 1 unspecified atom stereocenters. The van der Waals surface area contributed by atoms with Gasteiger partial charge in [0, 0.05) is 16.7 Å². The second-order valence-corrected chi connectivity index (χ2v) is 14.4. The van der Waals surface area contributed by atoms with Crippen LogP contribution in [0.4, 0.5) is 0 Å². The van der Waals surface area contributed by atoms with E-state index in [-0.39, 0.29) is 0 Å². The molecule has 172 valence electrons. The Kier molecular flexibility index (Phi) is 6.37. The lowest BCUT2D eigenvalue weighted by Gasteiger charge is -2.34. The lowest BCUT2D eigenvalue weighted by Crippen LogP contribution is -2.10. The van der Waals surface area contributed by atoms with Crippen molar-refractivity contribution in [3.63, 3.8) is 0 Å². The Morgan fingerprint density at radius 3 is 1.86 bits per heavy atom. The van der Waals surface area contributed by atoms with E-state index in [1.807, 2.05) is 11.3 Å². The first-order valence-corrected chi connectivity index (χ1v) is 15.9. The van der Waals surface area contributed by atoms with Crippen molar-refractivity contribution in [2.45, 2.75) is 25.7 Å². The van der Waals surface area contributed by atoms with Crippen LogP contribution < -0.4 is 5.30 Å². The summed E-state index contributed by atoms with van der Waals surface area (Å²) in [6.07, 6.45) is 9.17. The standard InChI is InChI=1S/C32H27PS2/c34-33(27-12-5-2-6-13-27)31(28-14-7-8-15-29(28)32(33)30-16-9-23-35-30)26-21-19-25(20-22-26)18-17-24-10-3-1-4-11-24/h1-6,9-13,16-23H,7-8,14-15H2/b18-17+. The zero-order valence-corrected chi connectivity index (χ0v) is 22.1. The average Bonchev–Trinajstić information content (AvgIpc) is 3.53. The molecule has 0 bridgehead atoms. The average molecular weight is 507 g/mol. The number of hydrogen-bond donors (Lipinski definition) is 0. The molecule has 0 spiro atoms. The number of rotatable bonds is 5. The third kappa shape index (κ3) is 4.19. The van der Waals surface area contributed by atoms with E-state index >= 15 is 0 Å². The van der Waals surface area contributed by atoms with E-state index in [4.69, 9.17) is 12.2 Å². The van der Waals surface area contributed by atoms with Crippen molar-refractivity contribution in [3.8, 4) is 0 Å². The highest BCUT2D eigenvalue weighted by molar-refractivity contribution is 8.53. The topological polar surface area (TPSA) is 0 Å². The zero-order chi connectivity index (χ0) is 23.7. The Bertz CT molecular complexity index is 1410. The molecule has 1 saturated carbocycles. The van der Waals surface area contributed by atoms with Gasteiger partial charge in [0.25, 0.3) is 0 Å². The van der Waals surface area contributed by atoms with Gasteiger partial charge in [0.1, 0.15) is 5.31 Å². The molecule has 1 fully saturated rings. The van der Waals surface area contributed by atoms with E-state index in [1.54, 1.807) is 11.1 Å². The van der Waals surface area contributed by atoms with E-state index in [9.17, 15) is 0 Å². The lowest BCUT2D eigenvalue weighted by atomic mass is 9.88. The zero-order valence-electron chi connectivity index (χ0n) is 19.6. The van der Waals surface area contributed by atoms with E-state index in [0.717, 1.165) is 12.8 Å². The van der Waals surface area contributed by atoms with Crippen molar-refractivity contribution in [1.82, 2.24) is 0 Å². The van der Waals surface area contributed by atoms with Gasteiger partial charge in [-0.1, -0.05) is 91.0 Å². The number of hydrogen-bond acceptors (Lipinski definition) is 2. The fourth-order valence-corrected chi connectivity index (χ4v) is 12.0. The summed E-state index contributed by atoms with van der Waals surface area (Å²) in [6, 6.07) is 35.0. The molecule has 1 aromatic heterocycles. The summed E-state index contributed by atoms with van der Waals surface area (Å²) in [5.74, 6) is 0. The summed E-state index contributed by atoms with van der Waals surface area (Å²) >= 11 is 8.70. The molecule has 0 radical (unpaired) electrons. The first kappa shape index (κ1) is 22.8. The lowest BCUT2D eigenvalue weighted by molar-refractivity contribution is 0.685. The Balaban J connectivity index is 1.47. The third-order valence-electron chi connectivity index (χ3n) is 7.00. The van der Waals surface area contributed by atoms with Crippen LogP contribution in [0.15, 0.2) is 114 Å². The van der Waals surface area contributed by atoms with Gasteiger partial charge in [-0.25, -0.2) is 0 Å². The molecule has 0 saturated heterocycles. The molecule has 35 heavy (non-hydrogen) atoms. The maximum Gasteiger partial charge on any atom is 0.104 e. The van der Waals surface area contributed by atoms with Gasteiger partial charge in [-0.05, 0) is 66.9 Å². The smallest absolute Gasteiger partial charge is 0.104 e. The molecule has 0 amide bonds. The van der Waals surface area contributed by atoms with Crippen LogP contribution in [0.3, 0.4) is 0 Å². The second kappa shape index (κ2) is 9.78. The van der Waals surface area contributed by atoms with Gasteiger partial charge in [-0.3, -0.25) is 0 Å². The van der Waals surface area contributed by atoms with Gasteiger partial charge in [0.05, 0.1) is 15.5 Å². The molecule has 0 N–H and O–H groups in total. The maximum atomic E-state index is 6.86. The molecular formula is C32H27PS2. The quantitative estimate of drug-likeness (QED) is 0.148. The normalized spacial score (nSPS) is 20.0. The van der Waals surface area contributed by atoms with Crippen LogP contribution >= 0.6 is 17.8 Å². The number of benzene rings is 3. The third-order valence-corrected chi connectivity index (χ3v) is 13.1. The van der Waals surface area contributed by atoms with Crippen molar-refractivity contribution in [3.05, 3.63) is 135 Å². The summed E-state index contributed by atoms with van der Waals surface area (Å²) in [5, 5.41) is 6.42. The molecule has 3 heteroatoms. The fraction of sp³-hybridized carbons (Fsp3) is 0.125. The SMILES string of the molecule is [S-][P+]1(c2ccccc2)C(c2ccc(/C=C/c3ccccc3)cc2)=C2CCCCC2=C1c1cccs1. The Morgan fingerprint density at radius 2 is 1.23 bits per heavy atom. The van der Waals surface area contributed by atoms with Crippen molar-refractivity contribution >= 4 is 58.1 Å².